The van der Waals surface area contributed by atoms with Gasteiger partial charge in [-0.25, -0.2) is 13.4 Å². The molecule has 1 aromatic carbocycles. The average Bonchev–Trinajstić information content (AvgIpc) is 3.22. The Morgan fingerprint density at radius 3 is 2.57 bits per heavy atom. The summed E-state index contributed by atoms with van der Waals surface area (Å²) in [5.41, 5.74) is 6.84. The van der Waals surface area contributed by atoms with Crippen LogP contribution in [0.5, 0.6) is 0 Å². The Labute approximate surface area is 173 Å². The van der Waals surface area contributed by atoms with E-state index in [2.05, 4.69) is 9.97 Å². The number of fused-ring (bicyclic) bond motifs is 1. The fourth-order valence-electron chi connectivity index (χ4n) is 3.37. The Balaban J connectivity index is 0.00000225. The molecule has 0 spiro atoms. The number of nitrogens with two attached hydrogens (primary N) is 1. The monoisotopic (exact) mass is 440 g/mol. The summed E-state index contributed by atoms with van der Waals surface area (Å²) in [7, 11) is -3.90. The number of aromatic amines is 1. The van der Waals surface area contributed by atoms with Crippen molar-refractivity contribution in [2.45, 2.75) is 22.7 Å². The first-order valence-corrected chi connectivity index (χ1v) is 10.3. The number of carbonyl (C=O) groups excluding carboxylic acids is 1. The second kappa shape index (κ2) is 7.71. The molecule has 2 atom stereocenters. The summed E-state index contributed by atoms with van der Waals surface area (Å²) in [6, 6.07) is 10.7. The summed E-state index contributed by atoms with van der Waals surface area (Å²) in [5, 5.41) is -0.363. The molecule has 3 heterocycles. The number of nitrogens with one attached hydrogen (secondary N) is 1. The number of benzene rings is 1. The van der Waals surface area contributed by atoms with Crippen LogP contribution in [0.25, 0.3) is 10.9 Å². The molecule has 10 heteroatoms. The van der Waals surface area contributed by atoms with Gasteiger partial charge in [0.05, 0.1) is 22.1 Å². The zero-order valence-electron chi connectivity index (χ0n) is 14.6. The molecule has 1 aliphatic heterocycles. The van der Waals surface area contributed by atoms with Gasteiger partial charge in [0.1, 0.15) is 5.15 Å². The number of hydrogen-bond donors (Lipinski definition) is 2. The fourth-order valence-corrected chi connectivity index (χ4v) is 5.39. The summed E-state index contributed by atoms with van der Waals surface area (Å²) >= 11 is 6.14. The van der Waals surface area contributed by atoms with E-state index in [4.69, 9.17) is 17.3 Å². The molecular formula is C18H18Cl2N4O3S. The molecule has 0 aliphatic carbocycles. The highest BCUT2D eigenvalue weighted by atomic mass is 35.5. The van der Waals surface area contributed by atoms with Crippen LogP contribution >= 0.6 is 24.0 Å². The number of pyridine rings is 1. The standard InChI is InChI=1S/C18H17ClN4O3S.ClH/c19-16-12-10-15(22-14(12)6-8-21-16)18(23-9-7-13(20)17(23)24)27(25,26)11-4-2-1-3-5-11;/h1-6,8,10,13,18,22H,7,9,20H2;1H. The predicted molar refractivity (Wildman–Crippen MR) is 109 cm³/mol. The van der Waals surface area contributed by atoms with E-state index in [-0.39, 0.29) is 34.9 Å². The number of aromatic nitrogens is 2. The van der Waals surface area contributed by atoms with E-state index in [0.29, 0.717) is 23.0 Å². The van der Waals surface area contributed by atoms with E-state index in [9.17, 15) is 13.2 Å². The highest BCUT2D eigenvalue weighted by molar-refractivity contribution is 7.91. The van der Waals surface area contributed by atoms with Gasteiger partial charge in [-0.1, -0.05) is 29.8 Å². The lowest BCUT2D eigenvalue weighted by Gasteiger charge is -2.27. The third-order valence-corrected chi connectivity index (χ3v) is 7.04. The van der Waals surface area contributed by atoms with Crippen LogP contribution in [0.3, 0.4) is 0 Å². The summed E-state index contributed by atoms with van der Waals surface area (Å²) in [5.74, 6) is -0.387. The van der Waals surface area contributed by atoms with E-state index in [1.807, 2.05) is 0 Å². The molecule has 28 heavy (non-hydrogen) atoms. The maximum atomic E-state index is 13.4. The number of hydrogen-bond acceptors (Lipinski definition) is 5. The molecule has 7 nitrogen and oxygen atoms in total. The van der Waals surface area contributed by atoms with Gasteiger partial charge in [-0.2, -0.15) is 0 Å². The first kappa shape index (κ1) is 20.6. The lowest BCUT2D eigenvalue weighted by atomic mass is 10.3. The van der Waals surface area contributed by atoms with Crippen LogP contribution in [-0.2, 0) is 14.6 Å². The van der Waals surface area contributed by atoms with Crippen molar-refractivity contribution in [2.75, 3.05) is 6.54 Å². The smallest absolute Gasteiger partial charge is 0.240 e. The number of halogens is 2. The molecular weight excluding hydrogens is 423 g/mol. The molecule has 3 aromatic rings. The molecule has 2 aromatic heterocycles. The zero-order chi connectivity index (χ0) is 19.2. The van der Waals surface area contributed by atoms with E-state index in [1.54, 1.807) is 30.3 Å². The molecule has 2 unspecified atom stereocenters. The third kappa shape index (κ3) is 3.37. The van der Waals surface area contributed by atoms with E-state index >= 15 is 0 Å². The summed E-state index contributed by atoms with van der Waals surface area (Å²) in [6.45, 7) is 0.262. The molecule has 0 bridgehead atoms. The second-order valence-corrected chi connectivity index (χ2v) is 8.79. The van der Waals surface area contributed by atoms with E-state index < -0.39 is 21.3 Å². The maximum absolute atomic E-state index is 13.4. The van der Waals surface area contributed by atoms with Crippen molar-refractivity contribution in [2.24, 2.45) is 5.73 Å². The van der Waals surface area contributed by atoms with Crippen LogP contribution in [0.1, 0.15) is 17.5 Å². The van der Waals surface area contributed by atoms with Gasteiger partial charge in [0.25, 0.3) is 0 Å². The number of nitrogens with zero attached hydrogens (tertiary/aromatic N) is 2. The van der Waals surface area contributed by atoms with E-state index in [0.717, 1.165) is 0 Å². The fraction of sp³-hybridized carbons (Fsp3) is 0.222. The minimum Gasteiger partial charge on any atom is -0.356 e. The molecule has 1 saturated heterocycles. The van der Waals surface area contributed by atoms with Crippen LogP contribution in [0, 0.1) is 0 Å². The molecule has 0 radical (unpaired) electrons. The van der Waals surface area contributed by atoms with Crippen molar-refractivity contribution >= 4 is 50.7 Å². The van der Waals surface area contributed by atoms with Crippen LogP contribution in [0.15, 0.2) is 53.6 Å². The van der Waals surface area contributed by atoms with Gasteiger partial charge in [-0.05, 0) is 30.7 Å². The molecule has 1 aliphatic rings. The van der Waals surface area contributed by atoms with Crippen LogP contribution in [-0.4, -0.2) is 41.8 Å². The van der Waals surface area contributed by atoms with Gasteiger partial charge in [0.2, 0.25) is 15.7 Å². The highest BCUT2D eigenvalue weighted by Gasteiger charge is 2.42. The van der Waals surface area contributed by atoms with Gasteiger partial charge >= 0.3 is 0 Å². The van der Waals surface area contributed by atoms with E-state index in [1.165, 1.54) is 23.2 Å². The molecule has 4 rings (SSSR count). The first-order valence-electron chi connectivity index (χ1n) is 8.38. The van der Waals surface area contributed by atoms with Crippen molar-refractivity contribution in [1.29, 1.82) is 0 Å². The molecule has 3 N–H and O–H groups in total. The average molecular weight is 441 g/mol. The molecule has 1 amide bonds. The Hall–Kier alpha value is -2.13. The predicted octanol–water partition coefficient (Wildman–Crippen LogP) is 2.67. The zero-order valence-corrected chi connectivity index (χ0v) is 17.0. The lowest BCUT2D eigenvalue weighted by molar-refractivity contribution is -0.129. The van der Waals surface area contributed by atoms with Gasteiger partial charge in [-0.15, -0.1) is 12.4 Å². The molecule has 148 valence electrons. The maximum Gasteiger partial charge on any atom is 0.240 e. The minimum atomic E-state index is -3.90. The van der Waals surface area contributed by atoms with Crippen LogP contribution in [0.4, 0.5) is 0 Å². The highest BCUT2D eigenvalue weighted by Crippen LogP contribution is 2.36. The van der Waals surface area contributed by atoms with Crippen molar-refractivity contribution < 1.29 is 13.2 Å². The van der Waals surface area contributed by atoms with Crippen molar-refractivity contribution in [3.8, 4) is 0 Å². The van der Waals surface area contributed by atoms with Crippen molar-refractivity contribution in [3.05, 3.63) is 59.5 Å². The summed E-state index contributed by atoms with van der Waals surface area (Å²) < 4.78 is 26.9. The van der Waals surface area contributed by atoms with Gasteiger partial charge in [0.15, 0.2) is 5.37 Å². The minimum absolute atomic E-state index is 0. The van der Waals surface area contributed by atoms with Crippen molar-refractivity contribution in [1.82, 2.24) is 14.9 Å². The molecule has 1 fully saturated rings. The lowest BCUT2D eigenvalue weighted by Crippen LogP contribution is -2.39. The third-order valence-electron chi connectivity index (χ3n) is 4.72. The Bertz CT molecular complexity index is 1120. The Morgan fingerprint density at radius 2 is 1.96 bits per heavy atom. The number of rotatable bonds is 4. The van der Waals surface area contributed by atoms with Gasteiger partial charge in [-0.3, -0.25) is 4.79 Å². The normalized spacial score (nSPS) is 18.3. The summed E-state index contributed by atoms with van der Waals surface area (Å²) in [6.07, 6.45) is 1.94. The quantitative estimate of drug-likeness (QED) is 0.605. The number of H-pyrrole nitrogens is 1. The number of carbonyl (C=O) groups is 1. The Morgan fingerprint density at radius 1 is 1.25 bits per heavy atom. The largest absolute Gasteiger partial charge is 0.356 e. The van der Waals surface area contributed by atoms with Crippen molar-refractivity contribution in [3.63, 3.8) is 0 Å². The van der Waals surface area contributed by atoms with Crippen LogP contribution in [0.2, 0.25) is 5.15 Å². The number of sulfone groups is 1. The Kier molecular flexibility index (Phi) is 5.67. The van der Waals surface area contributed by atoms with Gasteiger partial charge < -0.3 is 15.6 Å². The summed E-state index contributed by atoms with van der Waals surface area (Å²) in [4.78, 5) is 21.1. The van der Waals surface area contributed by atoms with Gasteiger partial charge in [0, 0.05) is 18.1 Å². The first-order chi connectivity index (χ1) is 12.9. The SMILES string of the molecule is Cl.NC1CCN(C(c2cc3c(Cl)nccc3[nH]2)S(=O)(=O)c2ccccc2)C1=O. The van der Waals surface area contributed by atoms with Crippen LogP contribution < -0.4 is 5.73 Å². The number of likely N-dealkylation sites (tertiary alicyclic amines) is 1. The number of amides is 1. The molecule has 0 saturated carbocycles. The second-order valence-electron chi connectivity index (χ2n) is 6.42. The topological polar surface area (TPSA) is 109 Å².